The Balaban J connectivity index is 1.85. The molecule has 0 spiro atoms. The van der Waals surface area contributed by atoms with Gasteiger partial charge in [0.2, 0.25) is 5.91 Å². The Kier molecular flexibility index (Phi) is 5.32. The van der Waals surface area contributed by atoms with Crippen molar-refractivity contribution in [2.45, 2.75) is 19.0 Å². The maximum atomic E-state index is 12.0. The minimum atomic E-state index is -0.524. The molecule has 104 valence electrons. The molecule has 4 heteroatoms. The molecule has 1 atom stereocenters. The Morgan fingerprint density at radius 3 is 2.50 bits per heavy atom. The van der Waals surface area contributed by atoms with Gasteiger partial charge in [-0.2, -0.15) is 0 Å². The Morgan fingerprint density at radius 1 is 1.10 bits per heavy atom. The zero-order chi connectivity index (χ0) is 14.4. The predicted octanol–water partition coefficient (Wildman–Crippen LogP) is 2.64. The lowest BCUT2D eigenvalue weighted by molar-refractivity contribution is -0.122. The second-order valence-electron chi connectivity index (χ2n) is 4.64. The van der Waals surface area contributed by atoms with Gasteiger partial charge in [0, 0.05) is 11.0 Å². The van der Waals surface area contributed by atoms with Crippen molar-refractivity contribution >= 4 is 21.8 Å². The molecule has 0 aliphatic rings. The van der Waals surface area contributed by atoms with Crippen molar-refractivity contribution in [3.63, 3.8) is 0 Å². The van der Waals surface area contributed by atoms with Gasteiger partial charge in [0.1, 0.15) is 0 Å². The quantitative estimate of drug-likeness (QED) is 0.884. The molecule has 0 unspecified atom stereocenters. The van der Waals surface area contributed by atoms with Crippen molar-refractivity contribution in [1.82, 2.24) is 5.32 Å². The van der Waals surface area contributed by atoms with Crippen LogP contribution in [0.5, 0.6) is 0 Å². The molecule has 0 aliphatic heterocycles. The van der Waals surface area contributed by atoms with Gasteiger partial charge in [0.25, 0.3) is 0 Å². The molecule has 0 aromatic heterocycles. The van der Waals surface area contributed by atoms with Gasteiger partial charge in [0.15, 0.2) is 0 Å². The van der Waals surface area contributed by atoms with E-state index in [1.807, 2.05) is 54.6 Å². The first-order valence-corrected chi connectivity index (χ1v) is 7.26. The van der Waals surface area contributed by atoms with Gasteiger partial charge in [-0.05, 0) is 29.7 Å². The van der Waals surface area contributed by atoms with Crippen molar-refractivity contribution in [3.8, 4) is 0 Å². The van der Waals surface area contributed by atoms with E-state index in [0.29, 0.717) is 13.0 Å². The zero-order valence-electron chi connectivity index (χ0n) is 11.1. The average molecular weight is 333 g/mol. The molecule has 0 saturated heterocycles. The molecule has 0 saturated carbocycles. The van der Waals surface area contributed by atoms with Crippen molar-refractivity contribution in [1.29, 1.82) is 0 Å². The first kappa shape index (κ1) is 14.8. The summed E-state index contributed by atoms with van der Waals surface area (Å²) in [6.45, 7) is 0.487. The fraction of sp³-hybridized carbons (Fsp3) is 0.188. The van der Waals surface area contributed by atoms with Crippen LogP contribution in [-0.2, 0) is 17.8 Å². The standard InChI is InChI=1S/C16H17BrN2O/c17-14-8-4-7-13(9-14)11-19-16(20)15(18)10-12-5-2-1-3-6-12/h1-9,15H,10-11,18H2,(H,19,20)/t15-/m1/s1. The number of hydrogen-bond donors (Lipinski definition) is 2. The predicted molar refractivity (Wildman–Crippen MR) is 84.1 cm³/mol. The number of carbonyl (C=O) groups is 1. The summed E-state index contributed by atoms with van der Waals surface area (Å²) in [4.78, 5) is 12.0. The van der Waals surface area contributed by atoms with Crippen molar-refractivity contribution in [2.24, 2.45) is 5.73 Å². The van der Waals surface area contributed by atoms with E-state index in [-0.39, 0.29) is 5.91 Å². The molecular weight excluding hydrogens is 316 g/mol. The molecule has 2 rings (SSSR count). The van der Waals surface area contributed by atoms with Crippen LogP contribution >= 0.6 is 15.9 Å². The maximum Gasteiger partial charge on any atom is 0.237 e. The van der Waals surface area contributed by atoms with E-state index in [1.54, 1.807) is 0 Å². The monoisotopic (exact) mass is 332 g/mol. The third-order valence-electron chi connectivity index (χ3n) is 2.99. The van der Waals surface area contributed by atoms with E-state index >= 15 is 0 Å². The summed E-state index contributed by atoms with van der Waals surface area (Å²) in [5, 5.41) is 2.86. The van der Waals surface area contributed by atoms with E-state index in [1.165, 1.54) is 0 Å². The molecule has 0 fully saturated rings. The Bertz CT molecular complexity index is 572. The van der Waals surface area contributed by atoms with Gasteiger partial charge >= 0.3 is 0 Å². The Morgan fingerprint density at radius 2 is 1.80 bits per heavy atom. The SMILES string of the molecule is N[C@H](Cc1ccccc1)C(=O)NCc1cccc(Br)c1. The van der Waals surface area contributed by atoms with Gasteiger partial charge in [-0.15, -0.1) is 0 Å². The highest BCUT2D eigenvalue weighted by atomic mass is 79.9. The third-order valence-corrected chi connectivity index (χ3v) is 3.48. The molecule has 3 nitrogen and oxygen atoms in total. The molecule has 0 heterocycles. The highest BCUT2D eigenvalue weighted by molar-refractivity contribution is 9.10. The van der Waals surface area contributed by atoms with E-state index in [9.17, 15) is 4.79 Å². The summed E-state index contributed by atoms with van der Waals surface area (Å²) in [5.41, 5.74) is 8.03. The summed E-state index contributed by atoms with van der Waals surface area (Å²) in [6, 6.07) is 17.1. The third kappa shape index (κ3) is 4.47. The highest BCUT2D eigenvalue weighted by Gasteiger charge is 2.13. The number of rotatable bonds is 5. The van der Waals surface area contributed by atoms with Crippen LogP contribution in [0, 0.1) is 0 Å². The van der Waals surface area contributed by atoms with Crippen LogP contribution in [0.1, 0.15) is 11.1 Å². The van der Waals surface area contributed by atoms with Gasteiger partial charge in [-0.3, -0.25) is 4.79 Å². The van der Waals surface area contributed by atoms with Crippen molar-refractivity contribution in [2.75, 3.05) is 0 Å². The first-order valence-electron chi connectivity index (χ1n) is 6.47. The number of benzene rings is 2. The smallest absolute Gasteiger partial charge is 0.237 e. The summed E-state index contributed by atoms with van der Waals surface area (Å²) >= 11 is 3.40. The summed E-state index contributed by atoms with van der Waals surface area (Å²) in [7, 11) is 0. The van der Waals surface area contributed by atoms with E-state index in [2.05, 4.69) is 21.2 Å². The van der Waals surface area contributed by atoms with E-state index < -0.39 is 6.04 Å². The summed E-state index contributed by atoms with van der Waals surface area (Å²) < 4.78 is 0.998. The van der Waals surface area contributed by atoms with Gasteiger partial charge in [0.05, 0.1) is 6.04 Å². The first-order chi connectivity index (χ1) is 9.65. The molecule has 3 N–H and O–H groups in total. The fourth-order valence-corrected chi connectivity index (χ4v) is 2.37. The summed E-state index contributed by atoms with van der Waals surface area (Å²) in [6.07, 6.45) is 0.547. The molecule has 20 heavy (non-hydrogen) atoms. The van der Waals surface area contributed by atoms with Crippen LogP contribution in [0.15, 0.2) is 59.1 Å². The topological polar surface area (TPSA) is 55.1 Å². The van der Waals surface area contributed by atoms with Crippen LogP contribution in [0.3, 0.4) is 0 Å². The van der Waals surface area contributed by atoms with Gasteiger partial charge < -0.3 is 11.1 Å². The lowest BCUT2D eigenvalue weighted by Crippen LogP contribution is -2.41. The lowest BCUT2D eigenvalue weighted by atomic mass is 10.1. The van der Waals surface area contributed by atoms with Gasteiger partial charge in [-0.25, -0.2) is 0 Å². The Labute approximate surface area is 127 Å². The van der Waals surface area contributed by atoms with Crippen LogP contribution in [0.25, 0.3) is 0 Å². The highest BCUT2D eigenvalue weighted by Crippen LogP contribution is 2.11. The van der Waals surface area contributed by atoms with Crippen LogP contribution in [-0.4, -0.2) is 11.9 Å². The normalized spacial score (nSPS) is 11.9. The number of nitrogens with two attached hydrogens (primary N) is 1. The van der Waals surface area contributed by atoms with Crippen LogP contribution < -0.4 is 11.1 Å². The lowest BCUT2D eigenvalue weighted by Gasteiger charge is -2.12. The fourth-order valence-electron chi connectivity index (χ4n) is 1.93. The number of carbonyl (C=O) groups excluding carboxylic acids is 1. The minimum Gasteiger partial charge on any atom is -0.351 e. The molecular formula is C16H17BrN2O. The minimum absolute atomic E-state index is 0.131. The molecule has 0 bridgehead atoms. The number of halogens is 1. The molecule has 1 amide bonds. The van der Waals surface area contributed by atoms with Crippen LogP contribution in [0.2, 0.25) is 0 Å². The molecule has 0 radical (unpaired) electrons. The van der Waals surface area contributed by atoms with Crippen LogP contribution in [0.4, 0.5) is 0 Å². The Hall–Kier alpha value is -1.65. The summed E-state index contributed by atoms with van der Waals surface area (Å²) in [5.74, 6) is -0.131. The van der Waals surface area contributed by atoms with E-state index in [4.69, 9.17) is 5.73 Å². The largest absolute Gasteiger partial charge is 0.351 e. The van der Waals surface area contributed by atoms with Gasteiger partial charge in [-0.1, -0.05) is 58.4 Å². The second kappa shape index (κ2) is 7.22. The second-order valence-corrected chi connectivity index (χ2v) is 5.56. The van der Waals surface area contributed by atoms with Crippen molar-refractivity contribution in [3.05, 3.63) is 70.2 Å². The van der Waals surface area contributed by atoms with Crippen molar-refractivity contribution < 1.29 is 4.79 Å². The molecule has 2 aromatic rings. The maximum absolute atomic E-state index is 12.0. The average Bonchev–Trinajstić information content (AvgIpc) is 2.46. The number of hydrogen-bond acceptors (Lipinski definition) is 2. The zero-order valence-corrected chi connectivity index (χ0v) is 12.6. The number of amides is 1. The number of nitrogens with one attached hydrogen (secondary N) is 1. The van der Waals surface area contributed by atoms with E-state index in [0.717, 1.165) is 15.6 Å². The molecule has 2 aromatic carbocycles. The molecule has 0 aliphatic carbocycles.